The Morgan fingerprint density at radius 3 is 2.71 bits per heavy atom. The van der Waals surface area contributed by atoms with Crippen molar-refractivity contribution in [3.05, 3.63) is 66.3 Å². The molecule has 0 radical (unpaired) electrons. The molecule has 2 aromatic heterocycles. The highest BCUT2D eigenvalue weighted by atomic mass is 16.5. The van der Waals surface area contributed by atoms with Gasteiger partial charge in [-0.15, -0.1) is 0 Å². The fourth-order valence-electron chi connectivity index (χ4n) is 2.01. The largest absolute Gasteiger partial charge is 0.362 e. The lowest BCUT2D eigenvalue weighted by atomic mass is 10.2. The normalized spacial score (nSPS) is 10.5. The van der Waals surface area contributed by atoms with Gasteiger partial charge in [0, 0.05) is 24.5 Å². The predicted octanol–water partition coefficient (Wildman–Crippen LogP) is 1.96. The van der Waals surface area contributed by atoms with E-state index in [0.29, 0.717) is 18.3 Å². The molecule has 0 saturated carbocycles. The van der Waals surface area contributed by atoms with Gasteiger partial charge in [-0.3, -0.25) is 9.78 Å². The van der Waals surface area contributed by atoms with Gasteiger partial charge in [-0.25, -0.2) is 0 Å². The van der Waals surface area contributed by atoms with Crippen LogP contribution in [0, 0.1) is 0 Å². The van der Waals surface area contributed by atoms with Crippen LogP contribution in [0.2, 0.25) is 0 Å². The summed E-state index contributed by atoms with van der Waals surface area (Å²) < 4.78 is 10.4. The number of aromatic nitrogens is 3. The molecule has 0 aliphatic heterocycles. The van der Waals surface area contributed by atoms with E-state index in [1.165, 1.54) is 0 Å². The van der Waals surface area contributed by atoms with Crippen LogP contribution in [0.5, 0.6) is 0 Å². The topological polar surface area (TPSA) is 90.1 Å². The summed E-state index contributed by atoms with van der Waals surface area (Å²) in [4.78, 5) is 19.9. The van der Waals surface area contributed by atoms with Gasteiger partial charge in [0.25, 0.3) is 5.89 Å². The second-order valence-electron chi connectivity index (χ2n) is 5.00. The van der Waals surface area contributed by atoms with Crippen molar-refractivity contribution in [1.82, 2.24) is 20.4 Å². The molecule has 7 nitrogen and oxygen atoms in total. The molecular weight excluding hydrogens is 308 g/mol. The van der Waals surface area contributed by atoms with Gasteiger partial charge in [0.1, 0.15) is 13.2 Å². The van der Waals surface area contributed by atoms with E-state index >= 15 is 0 Å². The number of nitrogens with zero attached hydrogens (tertiary/aromatic N) is 3. The highest BCUT2D eigenvalue weighted by molar-refractivity contribution is 5.77. The SMILES string of the molecule is O=C(COCc1nc(-c2ccncc2)no1)NCc1ccccc1. The highest BCUT2D eigenvalue weighted by Crippen LogP contribution is 2.14. The van der Waals surface area contributed by atoms with Crippen LogP contribution in [0.1, 0.15) is 11.5 Å². The molecule has 24 heavy (non-hydrogen) atoms. The van der Waals surface area contributed by atoms with Crippen molar-refractivity contribution in [1.29, 1.82) is 0 Å². The van der Waals surface area contributed by atoms with Crippen LogP contribution in [-0.4, -0.2) is 27.6 Å². The van der Waals surface area contributed by atoms with E-state index in [1.54, 1.807) is 24.5 Å². The van der Waals surface area contributed by atoms with Gasteiger partial charge in [0.05, 0.1) is 0 Å². The van der Waals surface area contributed by atoms with E-state index in [4.69, 9.17) is 9.26 Å². The van der Waals surface area contributed by atoms with Crippen LogP contribution >= 0.6 is 0 Å². The third-order valence-corrected chi connectivity index (χ3v) is 3.20. The predicted molar refractivity (Wildman–Crippen MR) is 85.5 cm³/mol. The van der Waals surface area contributed by atoms with Crippen molar-refractivity contribution >= 4 is 5.91 Å². The Balaban J connectivity index is 1.42. The van der Waals surface area contributed by atoms with Gasteiger partial charge in [0.2, 0.25) is 11.7 Å². The molecule has 0 spiro atoms. The summed E-state index contributed by atoms with van der Waals surface area (Å²) in [6, 6.07) is 13.2. The zero-order valence-electron chi connectivity index (χ0n) is 12.9. The summed E-state index contributed by atoms with van der Waals surface area (Å²) >= 11 is 0. The number of carbonyl (C=O) groups is 1. The van der Waals surface area contributed by atoms with Crippen LogP contribution in [0.4, 0.5) is 0 Å². The van der Waals surface area contributed by atoms with Crippen LogP contribution in [-0.2, 0) is 22.7 Å². The summed E-state index contributed by atoms with van der Waals surface area (Å²) in [5.74, 6) is 0.579. The van der Waals surface area contributed by atoms with Crippen molar-refractivity contribution in [2.24, 2.45) is 0 Å². The second-order valence-corrected chi connectivity index (χ2v) is 5.00. The molecule has 0 unspecified atom stereocenters. The Morgan fingerprint density at radius 1 is 1.12 bits per heavy atom. The van der Waals surface area contributed by atoms with Crippen molar-refractivity contribution in [3.63, 3.8) is 0 Å². The van der Waals surface area contributed by atoms with Gasteiger partial charge in [-0.05, 0) is 17.7 Å². The molecule has 122 valence electrons. The minimum atomic E-state index is -0.201. The molecule has 2 heterocycles. The van der Waals surface area contributed by atoms with E-state index in [9.17, 15) is 4.79 Å². The first-order chi connectivity index (χ1) is 11.8. The number of ether oxygens (including phenoxy) is 1. The molecule has 1 amide bonds. The van der Waals surface area contributed by atoms with E-state index in [0.717, 1.165) is 11.1 Å². The van der Waals surface area contributed by atoms with Crippen molar-refractivity contribution < 1.29 is 14.1 Å². The van der Waals surface area contributed by atoms with Crippen LogP contribution in [0.15, 0.2) is 59.4 Å². The molecule has 0 aliphatic carbocycles. The maximum atomic E-state index is 11.7. The number of amides is 1. The van der Waals surface area contributed by atoms with Crippen LogP contribution in [0.25, 0.3) is 11.4 Å². The summed E-state index contributed by atoms with van der Waals surface area (Å²) in [6.07, 6.45) is 3.30. The molecule has 1 aromatic carbocycles. The van der Waals surface area contributed by atoms with Gasteiger partial charge in [-0.1, -0.05) is 35.5 Å². The van der Waals surface area contributed by atoms with E-state index in [2.05, 4.69) is 20.4 Å². The van der Waals surface area contributed by atoms with Crippen molar-refractivity contribution in [3.8, 4) is 11.4 Å². The third kappa shape index (κ3) is 4.47. The third-order valence-electron chi connectivity index (χ3n) is 3.20. The molecular formula is C17H16N4O3. The molecule has 0 aliphatic rings. The fourth-order valence-corrected chi connectivity index (χ4v) is 2.01. The standard InChI is InChI=1S/C17H16N4O3/c22-15(19-10-13-4-2-1-3-5-13)11-23-12-16-20-17(21-24-16)14-6-8-18-9-7-14/h1-9H,10-12H2,(H,19,22). The number of pyridine rings is 1. The van der Waals surface area contributed by atoms with Crippen molar-refractivity contribution in [2.45, 2.75) is 13.2 Å². The van der Waals surface area contributed by atoms with Gasteiger partial charge >= 0.3 is 0 Å². The quantitative estimate of drug-likeness (QED) is 0.714. The van der Waals surface area contributed by atoms with E-state index in [-0.39, 0.29) is 19.1 Å². The Labute approximate surface area is 138 Å². The number of nitrogens with one attached hydrogen (secondary N) is 1. The maximum absolute atomic E-state index is 11.7. The average Bonchev–Trinajstić information content (AvgIpc) is 3.11. The molecule has 0 saturated heterocycles. The van der Waals surface area contributed by atoms with Crippen molar-refractivity contribution in [2.75, 3.05) is 6.61 Å². The Morgan fingerprint density at radius 2 is 1.92 bits per heavy atom. The van der Waals surface area contributed by atoms with Gasteiger partial charge in [-0.2, -0.15) is 4.98 Å². The van der Waals surface area contributed by atoms with E-state index < -0.39 is 0 Å². The lowest BCUT2D eigenvalue weighted by molar-refractivity contribution is -0.126. The van der Waals surface area contributed by atoms with Gasteiger partial charge < -0.3 is 14.6 Å². The minimum absolute atomic E-state index is 0.0696. The summed E-state index contributed by atoms with van der Waals surface area (Å²) in [6.45, 7) is 0.479. The van der Waals surface area contributed by atoms with Crippen LogP contribution < -0.4 is 5.32 Å². The number of hydrogen-bond acceptors (Lipinski definition) is 6. The maximum Gasteiger partial charge on any atom is 0.252 e. The first kappa shape index (κ1) is 15.8. The molecule has 7 heteroatoms. The number of carbonyl (C=O) groups excluding carboxylic acids is 1. The van der Waals surface area contributed by atoms with Gasteiger partial charge in [0.15, 0.2) is 0 Å². The molecule has 1 N–H and O–H groups in total. The lowest BCUT2D eigenvalue weighted by Crippen LogP contribution is -2.27. The van der Waals surface area contributed by atoms with Crippen LogP contribution in [0.3, 0.4) is 0 Å². The summed E-state index contributed by atoms with van der Waals surface area (Å²) in [5, 5.41) is 6.64. The number of benzene rings is 1. The Bertz CT molecular complexity index is 775. The Hall–Kier alpha value is -3.06. The minimum Gasteiger partial charge on any atom is -0.362 e. The lowest BCUT2D eigenvalue weighted by Gasteiger charge is -2.05. The van der Waals surface area contributed by atoms with E-state index in [1.807, 2.05) is 30.3 Å². The molecule has 0 atom stereocenters. The first-order valence-electron chi connectivity index (χ1n) is 7.42. The summed E-state index contributed by atoms with van der Waals surface area (Å²) in [7, 11) is 0. The average molecular weight is 324 g/mol. The zero-order chi connectivity index (χ0) is 16.6. The number of rotatable bonds is 7. The zero-order valence-corrected chi connectivity index (χ0v) is 12.9. The smallest absolute Gasteiger partial charge is 0.252 e. The fraction of sp³-hybridized carbons (Fsp3) is 0.176. The second kappa shape index (κ2) is 7.98. The Kier molecular flexibility index (Phi) is 5.26. The first-order valence-corrected chi connectivity index (χ1v) is 7.42. The monoisotopic (exact) mass is 324 g/mol. The highest BCUT2D eigenvalue weighted by Gasteiger charge is 2.09. The summed E-state index contributed by atoms with van der Waals surface area (Å²) in [5.41, 5.74) is 1.84. The molecule has 3 aromatic rings. The number of hydrogen-bond donors (Lipinski definition) is 1. The molecule has 0 fully saturated rings. The molecule has 0 bridgehead atoms. The molecule has 3 rings (SSSR count).